The van der Waals surface area contributed by atoms with Gasteiger partial charge in [0.25, 0.3) is 0 Å². The molecule has 5 unspecified atom stereocenters. The number of nitrogens with zero attached hydrogens (tertiary/aromatic N) is 2. The highest BCUT2D eigenvalue weighted by atomic mass is 14.9. The zero-order valence-electron chi connectivity index (χ0n) is 12.4. The van der Waals surface area contributed by atoms with Gasteiger partial charge in [0.05, 0.1) is 6.04 Å². The summed E-state index contributed by atoms with van der Waals surface area (Å²) in [5, 5.41) is 0. The maximum absolute atomic E-state index is 4.63. The van der Waals surface area contributed by atoms with E-state index in [-0.39, 0.29) is 0 Å². The summed E-state index contributed by atoms with van der Waals surface area (Å²) in [5.41, 5.74) is 0.900. The molecular weight excluding hydrogens is 220 g/mol. The lowest BCUT2D eigenvalue weighted by molar-refractivity contribution is 0.107. The van der Waals surface area contributed by atoms with Crippen LogP contribution in [0.4, 0.5) is 0 Å². The Hall–Kier alpha value is -0.660. The van der Waals surface area contributed by atoms with Crippen molar-refractivity contribution < 1.29 is 0 Å². The van der Waals surface area contributed by atoms with E-state index in [9.17, 15) is 0 Å². The van der Waals surface area contributed by atoms with Gasteiger partial charge in [-0.1, -0.05) is 34.6 Å². The molecule has 2 aliphatic carbocycles. The van der Waals surface area contributed by atoms with Crippen molar-refractivity contribution in [2.75, 3.05) is 0 Å². The minimum atomic E-state index is 0.448. The second-order valence-corrected chi connectivity index (χ2v) is 7.84. The first-order valence-corrected chi connectivity index (χ1v) is 7.40. The number of hydrogen-bond donors (Lipinski definition) is 0. The molecule has 18 heavy (non-hydrogen) atoms. The van der Waals surface area contributed by atoms with Gasteiger partial charge in [-0.15, -0.1) is 0 Å². The second-order valence-electron chi connectivity index (χ2n) is 7.84. The molecule has 2 heteroatoms. The van der Waals surface area contributed by atoms with E-state index in [1.54, 1.807) is 6.34 Å². The van der Waals surface area contributed by atoms with Crippen LogP contribution in [0, 0.1) is 34.5 Å². The van der Waals surface area contributed by atoms with Crippen LogP contribution in [0.3, 0.4) is 0 Å². The molecule has 0 aromatic rings. The Bertz CT molecular complexity index is 367. The summed E-state index contributed by atoms with van der Waals surface area (Å²) in [6, 6.07) is 0.504. The van der Waals surface area contributed by atoms with Crippen LogP contribution in [0.2, 0.25) is 0 Å². The molecule has 3 rings (SSSR count). The predicted molar refractivity (Wildman–Crippen MR) is 77.2 cm³/mol. The molecule has 1 heterocycles. The summed E-state index contributed by atoms with van der Waals surface area (Å²) in [6.07, 6.45) is 6.47. The third-order valence-corrected chi connectivity index (χ3v) is 6.75. The van der Waals surface area contributed by atoms with Gasteiger partial charge in [-0.25, -0.2) is 4.99 Å². The highest BCUT2D eigenvalue weighted by molar-refractivity contribution is 5.77. The molecule has 2 saturated carbocycles. The fourth-order valence-electron chi connectivity index (χ4n) is 5.06. The van der Waals surface area contributed by atoms with E-state index in [2.05, 4.69) is 50.8 Å². The van der Waals surface area contributed by atoms with Gasteiger partial charge >= 0.3 is 0 Å². The quantitative estimate of drug-likeness (QED) is 0.621. The van der Waals surface area contributed by atoms with Crippen molar-refractivity contribution in [3.63, 3.8) is 0 Å². The first kappa shape index (κ1) is 12.4. The molecule has 5 atom stereocenters. The Morgan fingerprint density at radius 1 is 1.00 bits per heavy atom. The summed E-state index contributed by atoms with van der Waals surface area (Å²) in [5.74, 6) is 3.04. The Morgan fingerprint density at radius 3 is 2.28 bits per heavy atom. The minimum Gasteiger partial charge on any atom is -0.270 e. The summed E-state index contributed by atoms with van der Waals surface area (Å²) in [7, 11) is 0. The number of aliphatic imine (C=N–C) groups is 2. The van der Waals surface area contributed by atoms with Gasteiger partial charge in [0.2, 0.25) is 0 Å². The van der Waals surface area contributed by atoms with Crippen LogP contribution in [0.25, 0.3) is 0 Å². The molecule has 0 radical (unpaired) electrons. The third kappa shape index (κ3) is 1.47. The van der Waals surface area contributed by atoms with Gasteiger partial charge in [0.1, 0.15) is 6.34 Å². The topological polar surface area (TPSA) is 24.7 Å². The molecule has 2 fully saturated rings. The van der Waals surface area contributed by atoms with Gasteiger partial charge in [0, 0.05) is 12.1 Å². The average molecular weight is 246 g/mol. The smallest absolute Gasteiger partial charge is 0.109 e. The maximum Gasteiger partial charge on any atom is 0.109 e. The molecule has 0 spiro atoms. The largest absolute Gasteiger partial charge is 0.270 e. The Morgan fingerprint density at radius 2 is 1.61 bits per heavy atom. The molecule has 0 amide bonds. The molecule has 0 N–H and O–H groups in total. The van der Waals surface area contributed by atoms with E-state index in [0.29, 0.717) is 22.8 Å². The van der Waals surface area contributed by atoms with E-state index in [0.717, 1.165) is 17.8 Å². The first-order valence-electron chi connectivity index (χ1n) is 7.40. The van der Waals surface area contributed by atoms with E-state index in [1.165, 1.54) is 12.8 Å². The van der Waals surface area contributed by atoms with Crippen LogP contribution < -0.4 is 0 Å². The Balaban J connectivity index is 1.95. The standard InChI is InChI=1S/C16H26N2/c1-10-15(2,3)12-6-11-8-17-9-18-14(11)7-13(12)16(10,4)5/h8-14H,6-7H2,1-5H3. The van der Waals surface area contributed by atoms with Crippen LogP contribution in [-0.2, 0) is 0 Å². The van der Waals surface area contributed by atoms with Crippen LogP contribution >= 0.6 is 0 Å². The molecule has 0 aromatic heterocycles. The normalized spacial score (nSPS) is 47.7. The summed E-state index contributed by atoms with van der Waals surface area (Å²) < 4.78 is 0. The molecule has 3 aliphatic rings. The molecular formula is C16H26N2. The summed E-state index contributed by atoms with van der Waals surface area (Å²) >= 11 is 0. The molecule has 0 aromatic carbocycles. The number of hydrogen-bond acceptors (Lipinski definition) is 2. The highest BCUT2D eigenvalue weighted by Gasteiger charge is 2.59. The molecule has 0 saturated heterocycles. The van der Waals surface area contributed by atoms with Gasteiger partial charge in [-0.05, 0) is 41.4 Å². The van der Waals surface area contributed by atoms with Gasteiger partial charge in [-0.3, -0.25) is 4.99 Å². The van der Waals surface area contributed by atoms with Crippen LogP contribution in [-0.4, -0.2) is 18.6 Å². The lowest BCUT2D eigenvalue weighted by Crippen LogP contribution is -2.40. The van der Waals surface area contributed by atoms with Crippen LogP contribution in [0.15, 0.2) is 9.98 Å². The van der Waals surface area contributed by atoms with E-state index < -0.39 is 0 Å². The lowest BCUT2D eigenvalue weighted by atomic mass is 9.64. The van der Waals surface area contributed by atoms with Gasteiger partial charge in [0.15, 0.2) is 0 Å². The Labute approximate surface area is 111 Å². The van der Waals surface area contributed by atoms with Crippen molar-refractivity contribution in [3.05, 3.63) is 0 Å². The fourth-order valence-corrected chi connectivity index (χ4v) is 5.06. The molecule has 1 aliphatic heterocycles. The van der Waals surface area contributed by atoms with Crippen LogP contribution in [0.1, 0.15) is 47.5 Å². The molecule has 2 nitrogen and oxygen atoms in total. The monoisotopic (exact) mass is 246 g/mol. The number of rotatable bonds is 0. The van der Waals surface area contributed by atoms with E-state index >= 15 is 0 Å². The Kier molecular flexibility index (Phi) is 2.53. The zero-order valence-corrected chi connectivity index (χ0v) is 12.4. The minimum absolute atomic E-state index is 0.448. The third-order valence-electron chi connectivity index (χ3n) is 6.75. The van der Waals surface area contributed by atoms with Crippen molar-refractivity contribution in [1.29, 1.82) is 0 Å². The fraction of sp³-hybridized carbons (Fsp3) is 0.875. The van der Waals surface area contributed by atoms with E-state index in [1.807, 2.05) is 0 Å². The SMILES string of the molecule is CC1C(C)(C)C2CC3C=NC=NC3CC2C1(C)C. The predicted octanol–water partition coefficient (Wildman–Crippen LogP) is 3.81. The van der Waals surface area contributed by atoms with Crippen LogP contribution in [0.5, 0.6) is 0 Å². The molecule has 0 bridgehead atoms. The number of fused-ring (bicyclic) bond motifs is 2. The van der Waals surface area contributed by atoms with Crippen molar-refractivity contribution >= 4 is 12.6 Å². The van der Waals surface area contributed by atoms with Crippen molar-refractivity contribution in [2.45, 2.75) is 53.5 Å². The molecule has 100 valence electrons. The second kappa shape index (κ2) is 3.68. The van der Waals surface area contributed by atoms with Gasteiger partial charge < -0.3 is 0 Å². The van der Waals surface area contributed by atoms with Crippen molar-refractivity contribution in [2.24, 2.45) is 44.5 Å². The van der Waals surface area contributed by atoms with Crippen molar-refractivity contribution in [3.8, 4) is 0 Å². The zero-order chi connectivity index (χ0) is 13.1. The van der Waals surface area contributed by atoms with E-state index in [4.69, 9.17) is 0 Å². The van der Waals surface area contributed by atoms with Crippen molar-refractivity contribution in [1.82, 2.24) is 0 Å². The highest BCUT2D eigenvalue weighted by Crippen LogP contribution is 2.65. The maximum atomic E-state index is 4.63. The average Bonchev–Trinajstić information content (AvgIpc) is 2.47. The van der Waals surface area contributed by atoms with Gasteiger partial charge in [-0.2, -0.15) is 0 Å². The summed E-state index contributed by atoms with van der Waals surface area (Å²) in [4.78, 5) is 8.89. The first-order chi connectivity index (χ1) is 8.35. The summed E-state index contributed by atoms with van der Waals surface area (Å²) in [6.45, 7) is 12.4. The lowest BCUT2D eigenvalue weighted by Gasteiger charge is -2.42.